The average molecular weight is 190 g/mol. The number of para-hydroxylation sites is 1. The van der Waals surface area contributed by atoms with Crippen LogP contribution in [0.2, 0.25) is 0 Å². The van der Waals surface area contributed by atoms with Crippen LogP contribution in [0.4, 0.5) is 5.69 Å². The first kappa shape index (κ1) is 9.53. The normalized spacial score (nSPS) is 16.6. The highest BCUT2D eigenvalue weighted by molar-refractivity contribution is 5.54. The molecule has 0 amide bonds. The lowest BCUT2D eigenvalue weighted by Gasteiger charge is -2.28. The topological polar surface area (TPSA) is 15.3 Å². The van der Waals surface area contributed by atoms with E-state index in [9.17, 15) is 0 Å². The van der Waals surface area contributed by atoms with E-state index in [0.29, 0.717) is 6.04 Å². The summed E-state index contributed by atoms with van der Waals surface area (Å²) in [6.45, 7) is 7.69. The Morgan fingerprint density at radius 2 is 2.07 bits per heavy atom. The van der Waals surface area contributed by atoms with Crippen molar-refractivity contribution in [2.45, 2.75) is 26.4 Å². The highest BCUT2D eigenvalue weighted by atomic mass is 15.2. The molecule has 0 fully saturated rings. The van der Waals surface area contributed by atoms with Crippen LogP contribution in [0.15, 0.2) is 24.3 Å². The van der Waals surface area contributed by atoms with Gasteiger partial charge in [0.05, 0.1) is 0 Å². The Bertz CT molecular complexity index is 307. The molecule has 0 aromatic heterocycles. The Balaban J connectivity index is 2.37. The van der Waals surface area contributed by atoms with E-state index >= 15 is 0 Å². The molecule has 0 radical (unpaired) electrons. The zero-order chi connectivity index (χ0) is 9.97. The minimum atomic E-state index is 0.580. The third-order valence-electron chi connectivity index (χ3n) is 2.77. The number of benzene rings is 1. The van der Waals surface area contributed by atoms with Crippen molar-refractivity contribution in [3.8, 4) is 0 Å². The molecule has 1 aliphatic rings. The Labute approximate surface area is 85.9 Å². The first-order chi connectivity index (χ1) is 6.79. The maximum absolute atomic E-state index is 3.45. The predicted octanol–water partition coefficient (Wildman–Crippen LogP) is 2.00. The SMILES string of the molecule is CC(C)N1CCNCc2ccccc21. The van der Waals surface area contributed by atoms with Crippen LogP contribution >= 0.6 is 0 Å². The van der Waals surface area contributed by atoms with Crippen LogP contribution in [0, 0.1) is 0 Å². The summed E-state index contributed by atoms with van der Waals surface area (Å²) in [5, 5.41) is 3.45. The number of hydrogen-bond acceptors (Lipinski definition) is 2. The molecule has 2 heteroatoms. The van der Waals surface area contributed by atoms with E-state index in [1.54, 1.807) is 0 Å². The minimum Gasteiger partial charge on any atom is -0.368 e. The molecule has 0 bridgehead atoms. The van der Waals surface area contributed by atoms with E-state index in [4.69, 9.17) is 0 Å². The van der Waals surface area contributed by atoms with Gasteiger partial charge in [-0.05, 0) is 25.5 Å². The van der Waals surface area contributed by atoms with Gasteiger partial charge in [0.25, 0.3) is 0 Å². The number of rotatable bonds is 1. The van der Waals surface area contributed by atoms with Gasteiger partial charge in [-0.3, -0.25) is 0 Å². The van der Waals surface area contributed by atoms with Crippen molar-refractivity contribution in [3.05, 3.63) is 29.8 Å². The Hall–Kier alpha value is -1.02. The smallest absolute Gasteiger partial charge is 0.0414 e. The monoisotopic (exact) mass is 190 g/mol. The maximum Gasteiger partial charge on any atom is 0.0414 e. The summed E-state index contributed by atoms with van der Waals surface area (Å²) in [5.41, 5.74) is 2.81. The molecule has 0 aliphatic carbocycles. The Morgan fingerprint density at radius 3 is 2.86 bits per heavy atom. The van der Waals surface area contributed by atoms with Crippen LogP contribution in [-0.4, -0.2) is 19.1 Å². The largest absolute Gasteiger partial charge is 0.368 e. The van der Waals surface area contributed by atoms with Crippen molar-refractivity contribution in [2.24, 2.45) is 0 Å². The fourth-order valence-electron chi connectivity index (χ4n) is 2.02. The molecule has 1 aromatic carbocycles. The van der Waals surface area contributed by atoms with Gasteiger partial charge in [0.2, 0.25) is 0 Å². The lowest BCUT2D eigenvalue weighted by molar-refractivity contribution is 0.647. The fraction of sp³-hybridized carbons (Fsp3) is 0.500. The van der Waals surface area contributed by atoms with Gasteiger partial charge in [-0.25, -0.2) is 0 Å². The number of fused-ring (bicyclic) bond motifs is 1. The van der Waals surface area contributed by atoms with E-state index in [0.717, 1.165) is 19.6 Å². The highest BCUT2D eigenvalue weighted by Gasteiger charge is 2.15. The van der Waals surface area contributed by atoms with Gasteiger partial charge in [-0.2, -0.15) is 0 Å². The van der Waals surface area contributed by atoms with Crippen LogP contribution in [0.1, 0.15) is 19.4 Å². The van der Waals surface area contributed by atoms with Crippen LogP contribution in [0.5, 0.6) is 0 Å². The quantitative estimate of drug-likeness (QED) is 0.728. The van der Waals surface area contributed by atoms with Crippen LogP contribution in [-0.2, 0) is 6.54 Å². The third-order valence-corrected chi connectivity index (χ3v) is 2.77. The van der Waals surface area contributed by atoms with E-state index in [2.05, 4.69) is 48.3 Å². The predicted molar refractivity (Wildman–Crippen MR) is 60.6 cm³/mol. The van der Waals surface area contributed by atoms with E-state index in [1.165, 1.54) is 11.3 Å². The van der Waals surface area contributed by atoms with Crippen molar-refractivity contribution >= 4 is 5.69 Å². The lowest BCUT2D eigenvalue weighted by Crippen LogP contribution is -2.34. The Morgan fingerprint density at radius 1 is 1.29 bits per heavy atom. The zero-order valence-electron chi connectivity index (χ0n) is 8.96. The summed E-state index contributed by atoms with van der Waals surface area (Å²) in [7, 11) is 0. The van der Waals surface area contributed by atoms with Crippen LogP contribution in [0.25, 0.3) is 0 Å². The summed E-state index contributed by atoms with van der Waals surface area (Å²) in [6.07, 6.45) is 0. The number of nitrogens with one attached hydrogen (secondary N) is 1. The van der Waals surface area contributed by atoms with Gasteiger partial charge in [-0.15, -0.1) is 0 Å². The summed E-state index contributed by atoms with van der Waals surface area (Å²) in [4.78, 5) is 2.47. The second-order valence-corrected chi connectivity index (χ2v) is 4.09. The van der Waals surface area contributed by atoms with Gasteiger partial charge in [0, 0.05) is 31.4 Å². The molecule has 1 aromatic rings. The van der Waals surface area contributed by atoms with Gasteiger partial charge >= 0.3 is 0 Å². The minimum absolute atomic E-state index is 0.580. The van der Waals surface area contributed by atoms with Crippen molar-refractivity contribution in [1.29, 1.82) is 0 Å². The third kappa shape index (κ3) is 1.75. The summed E-state index contributed by atoms with van der Waals surface area (Å²) < 4.78 is 0. The van der Waals surface area contributed by atoms with Crippen LogP contribution in [0.3, 0.4) is 0 Å². The summed E-state index contributed by atoms with van der Waals surface area (Å²) >= 11 is 0. The first-order valence-corrected chi connectivity index (χ1v) is 5.34. The molecule has 0 unspecified atom stereocenters. The molecule has 14 heavy (non-hydrogen) atoms. The fourth-order valence-corrected chi connectivity index (χ4v) is 2.02. The summed E-state index contributed by atoms with van der Waals surface area (Å²) in [5.74, 6) is 0. The second-order valence-electron chi connectivity index (χ2n) is 4.09. The molecule has 2 nitrogen and oxygen atoms in total. The molecule has 1 heterocycles. The summed E-state index contributed by atoms with van der Waals surface area (Å²) in [6, 6.07) is 9.26. The molecule has 1 aliphatic heterocycles. The van der Waals surface area contributed by atoms with Gasteiger partial charge in [0.15, 0.2) is 0 Å². The first-order valence-electron chi connectivity index (χ1n) is 5.34. The number of hydrogen-bond donors (Lipinski definition) is 1. The second kappa shape index (κ2) is 4.01. The highest BCUT2D eigenvalue weighted by Crippen LogP contribution is 2.23. The van der Waals surface area contributed by atoms with Gasteiger partial charge < -0.3 is 10.2 Å². The number of anilines is 1. The van der Waals surface area contributed by atoms with E-state index < -0.39 is 0 Å². The standard InChI is InChI=1S/C12H18N2/c1-10(2)14-8-7-13-9-11-5-3-4-6-12(11)14/h3-6,10,13H,7-9H2,1-2H3. The average Bonchev–Trinajstić information content (AvgIpc) is 2.39. The van der Waals surface area contributed by atoms with E-state index in [1.807, 2.05) is 0 Å². The van der Waals surface area contributed by atoms with E-state index in [-0.39, 0.29) is 0 Å². The molecule has 0 saturated carbocycles. The van der Waals surface area contributed by atoms with Crippen molar-refractivity contribution in [2.75, 3.05) is 18.0 Å². The molecule has 76 valence electrons. The molecule has 2 rings (SSSR count). The molecule has 0 saturated heterocycles. The number of nitrogens with zero attached hydrogens (tertiary/aromatic N) is 1. The molecule has 1 N–H and O–H groups in total. The maximum atomic E-state index is 3.45. The molecule has 0 spiro atoms. The lowest BCUT2D eigenvalue weighted by atomic mass is 10.1. The molecular formula is C12H18N2. The zero-order valence-corrected chi connectivity index (χ0v) is 8.96. The Kier molecular flexibility index (Phi) is 2.73. The van der Waals surface area contributed by atoms with Crippen molar-refractivity contribution in [1.82, 2.24) is 5.32 Å². The van der Waals surface area contributed by atoms with Crippen molar-refractivity contribution < 1.29 is 0 Å². The van der Waals surface area contributed by atoms with Crippen molar-refractivity contribution in [3.63, 3.8) is 0 Å². The van der Waals surface area contributed by atoms with Crippen LogP contribution < -0.4 is 10.2 Å². The molecule has 0 atom stereocenters. The molecular weight excluding hydrogens is 172 g/mol. The van der Waals surface area contributed by atoms with Gasteiger partial charge in [0.1, 0.15) is 0 Å². The van der Waals surface area contributed by atoms with Gasteiger partial charge in [-0.1, -0.05) is 18.2 Å².